The normalized spacial score (nSPS) is 11.0. The molecular weight excluding hydrogens is 395 g/mol. The molecule has 0 bridgehead atoms. The van der Waals surface area contributed by atoms with E-state index in [9.17, 15) is 18.8 Å². The molecule has 0 aliphatic carbocycles. The molecule has 0 spiro atoms. The molecule has 0 fully saturated rings. The van der Waals surface area contributed by atoms with Gasteiger partial charge in [-0.2, -0.15) is 0 Å². The smallest absolute Gasteiger partial charge is 0.455 e. The van der Waals surface area contributed by atoms with Crippen LogP contribution in [0, 0.1) is 5.82 Å². The highest BCUT2D eigenvalue weighted by atomic mass is 28.4. The van der Waals surface area contributed by atoms with Crippen LogP contribution in [0.5, 0.6) is 0 Å². The number of unbranched alkanes of at least 4 members (excludes halogenated alkanes) is 3. The van der Waals surface area contributed by atoms with Gasteiger partial charge in [0.25, 0.3) is 17.9 Å². The minimum absolute atomic E-state index is 0.0930. The Kier molecular flexibility index (Phi) is 11.2. The van der Waals surface area contributed by atoms with E-state index in [0.717, 1.165) is 31.2 Å². The van der Waals surface area contributed by atoms with Crippen molar-refractivity contribution in [3.63, 3.8) is 0 Å². The van der Waals surface area contributed by atoms with Crippen LogP contribution in [0.15, 0.2) is 24.3 Å². The van der Waals surface area contributed by atoms with Crippen molar-refractivity contribution < 1.29 is 32.1 Å². The molecule has 0 aromatic heterocycles. The number of carbonyl (C=O) groups excluding carboxylic acids is 3. The van der Waals surface area contributed by atoms with Crippen LogP contribution in [0.2, 0.25) is 6.04 Å². The lowest BCUT2D eigenvalue weighted by atomic mass is 10.1. The van der Waals surface area contributed by atoms with Crippen LogP contribution in [0.25, 0.3) is 0 Å². The van der Waals surface area contributed by atoms with Gasteiger partial charge >= 0.3 is 8.80 Å². The molecule has 29 heavy (non-hydrogen) atoms. The van der Waals surface area contributed by atoms with Gasteiger partial charge in [0.15, 0.2) is 0 Å². The largest absolute Gasteiger partial charge is 0.705 e. The summed E-state index contributed by atoms with van der Waals surface area (Å²) in [5.41, 5.74) is 0.944. The Hall–Kier alpha value is -2.22. The van der Waals surface area contributed by atoms with E-state index in [2.05, 4.69) is 0 Å². The highest BCUT2D eigenvalue weighted by molar-refractivity contribution is 6.65. The van der Waals surface area contributed by atoms with E-state index in [4.69, 9.17) is 13.3 Å². The van der Waals surface area contributed by atoms with Crippen LogP contribution in [0.1, 0.15) is 71.3 Å². The lowest BCUT2D eigenvalue weighted by Gasteiger charge is -2.27. The third-order valence-corrected chi connectivity index (χ3v) is 6.84. The number of rotatable bonds is 13. The average Bonchev–Trinajstić information content (AvgIpc) is 2.70. The minimum Gasteiger partial charge on any atom is -0.455 e. The van der Waals surface area contributed by atoms with Crippen LogP contribution in [-0.2, 0) is 34.1 Å². The Bertz CT molecular complexity index is 633. The number of aryl methyl sites for hydroxylation is 1. The van der Waals surface area contributed by atoms with E-state index in [1.54, 1.807) is 26.8 Å². The third kappa shape index (κ3) is 9.69. The molecule has 0 radical (unpaired) electrons. The Labute approximate surface area is 173 Å². The van der Waals surface area contributed by atoms with Crippen molar-refractivity contribution in [2.24, 2.45) is 0 Å². The number of halogens is 1. The summed E-state index contributed by atoms with van der Waals surface area (Å²) in [6.45, 7) is 4.87. The monoisotopic (exact) mass is 426 g/mol. The molecular formula is C21H31FO6Si. The zero-order chi connectivity index (χ0) is 21.7. The molecule has 0 unspecified atom stereocenters. The van der Waals surface area contributed by atoms with Crippen LogP contribution < -0.4 is 0 Å². The summed E-state index contributed by atoms with van der Waals surface area (Å²) >= 11 is 0. The summed E-state index contributed by atoms with van der Waals surface area (Å²) < 4.78 is 29.4. The van der Waals surface area contributed by atoms with Gasteiger partial charge in [-0.3, -0.25) is 14.4 Å². The molecule has 0 saturated carbocycles. The molecule has 1 aromatic rings. The predicted molar refractivity (Wildman–Crippen MR) is 108 cm³/mol. The van der Waals surface area contributed by atoms with Crippen molar-refractivity contribution in [1.29, 1.82) is 0 Å². The van der Waals surface area contributed by atoms with E-state index in [1.807, 2.05) is 6.07 Å². The molecule has 8 heteroatoms. The van der Waals surface area contributed by atoms with Crippen molar-refractivity contribution in [2.45, 2.75) is 78.2 Å². The Balaban J connectivity index is 2.64. The summed E-state index contributed by atoms with van der Waals surface area (Å²) in [6, 6.07) is 6.73. The van der Waals surface area contributed by atoms with Gasteiger partial charge < -0.3 is 13.3 Å². The maximum Gasteiger partial charge on any atom is 0.705 e. The fourth-order valence-corrected chi connectivity index (χ4v) is 5.26. The van der Waals surface area contributed by atoms with E-state index in [-0.39, 0.29) is 31.1 Å². The second kappa shape index (κ2) is 13.1. The lowest BCUT2D eigenvalue weighted by Crippen LogP contribution is -2.50. The van der Waals surface area contributed by atoms with E-state index >= 15 is 0 Å². The first-order valence-corrected chi connectivity index (χ1v) is 12.2. The Morgan fingerprint density at radius 2 is 1.34 bits per heavy atom. The molecule has 0 aliphatic rings. The van der Waals surface area contributed by atoms with Gasteiger partial charge in [0.2, 0.25) is 0 Å². The molecule has 0 saturated heterocycles. The van der Waals surface area contributed by atoms with Crippen molar-refractivity contribution in [3.8, 4) is 0 Å². The Morgan fingerprint density at radius 3 is 1.83 bits per heavy atom. The first-order valence-electron chi connectivity index (χ1n) is 10.2. The van der Waals surface area contributed by atoms with Crippen molar-refractivity contribution in [1.82, 2.24) is 0 Å². The van der Waals surface area contributed by atoms with Gasteiger partial charge in [-0.25, -0.2) is 4.39 Å². The van der Waals surface area contributed by atoms with Gasteiger partial charge in [0.1, 0.15) is 5.82 Å². The molecule has 0 heterocycles. The summed E-state index contributed by atoms with van der Waals surface area (Å²) in [6.07, 6.45) is 4.14. The summed E-state index contributed by atoms with van der Waals surface area (Å²) in [5.74, 6) is -1.92. The molecule has 0 amide bonds. The molecule has 6 nitrogen and oxygen atoms in total. The summed E-state index contributed by atoms with van der Waals surface area (Å²) in [4.78, 5) is 35.7. The number of hydrogen-bond donors (Lipinski definition) is 0. The van der Waals surface area contributed by atoms with Crippen LogP contribution >= 0.6 is 0 Å². The van der Waals surface area contributed by atoms with E-state index < -0.39 is 26.7 Å². The summed E-state index contributed by atoms with van der Waals surface area (Å²) in [7, 11) is -3.78. The second-order valence-corrected chi connectivity index (χ2v) is 9.19. The van der Waals surface area contributed by atoms with Crippen molar-refractivity contribution in [3.05, 3.63) is 35.6 Å². The fraction of sp³-hybridized carbons (Fsp3) is 0.571. The standard InChI is InChI=1S/C21H31FO6Si/c1-4-19(23)26-29(27-20(24)5-2,28-21(25)6-3)15-10-8-7-9-12-17-13-11-14-18(22)16-17/h11,13-14,16H,4-10,12,15H2,1-3H3. The number of hydrogen-bond acceptors (Lipinski definition) is 6. The first kappa shape index (κ1) is 24.8. The van der Waals surface area contributed by atoms with Crippen LogP contribution in [0.3, 0.4) is 0 Å². The number of carbonyl (C=O) groups is 3. The zero-order valence-corrected chi connectivity index (χ0v) is 18.5. The maximum absolute atomic E-state index is 13.2. The fourth-order valence-electron chi connectivity index (χ4n) is 2.67. The highest BCUT2D eigenvalue weighted by Crippen LogP contribution is 2.23. The average molecular weight is 427 g/mol. The van der Waals surface area contributed by atoms with Gasteiger partial charge in [-0.15, -0.1) is 0 Å². The SMILES string of the molecule is CCC(=O)O[Si](CCCCCCc1cccc(F)c1)(OC(=O)CC)OC(=O)CC. The molecule has 1 aromatic carbocycles. The van der Waals surface area contributed by atoms with E-state index in [0.29, 0.717) is 6.42 Å². The van der Waals surface area contributed by atoms with Crippen molar-refractivity contribution >= 4 is 26.7 Å². The van der Waals surface area contributed by atoms with Gasteiger partial charge in [0.05, 0.1) is 6.04 Å². The summed E-state index contributed by atoms with van der Waals surface area (Å²) in [5, 5.41) is 0. The van der Waals surface area contributed by atoms with E-state index in [1.165, 1.54) is 12.1 Å². The maximum atomic E-state index is 13.2. The molecule has 0 aliphatic heterocycles. The van der Waals surface area contributed by atoms with Crippen molar-refractivity contribution in [2.75, 3.05) is 0 Å². The van der Waals surface area contributed by atoms with Crippen LogP contribution in [0.4, 0.5) is 4.39 Å². The third-order valence-electron chi connectivity index (χ3n) is 4.26. The quantitative estimate of drug-likeness (QED) is 0.335. The van der Waals surface area contributed by atoms with Gasteiger partial charge in [-0.05, 0) is 37.0 Å². The topological polar surface area (TPSA) is 78.9 Å². The molecule has 162 valence electrons. The molecule has 1 rings (SSSR count). The highest BCUT2D eigenvalue weighted by Gasteiger charge is 2.52. The second-order valence-electron chi connectivity index (χ2n) is 6.71. The minimum atomic E-state index is -3.78. The van der Waals surface area contributed by atoms with Gasteiger partial charge in [0, 0.05) is 19.3 Å². The molecule has 0 atom stereocenters. The Morgan fingerprint density at radius 1 is 0.828 bits per heavy atom. The van der Waals surface area contributed by atoms with Gasteiger partial charge in [-0.1, -0.05) is 45.7 Å². The first-order chi connectivity index (χ1) is 13.8. The van der Waals surface area contributed by atoms with Crippen LogP contribution in [-0.4, -0.2) is 26.7 Å². The predicted octanol–water partition coefficient (Wildman–Crippen LogP) is 4.73. The molecule has 0 N–H and O–H groups in total. The number of benzene rings is 1. The zero-order valence-electron chi connectivity index (χ0n) is 17.5. The lowest BCUT2D eigenvalue weighted by molar-refractivity contribution is -0.150.